The van der Waals surface area contributed by atoms with Crippen molar-refractivity contribution in [1.82, 2.24) is 20.3 Å². The monoisotopic (exact) mass is 429 g/mol. The summed E-state index contributed by atoms with van der Waals surface area (Å²) in [7, 11) is 0. The van der Waals surface area contributed by atoms with Gasteiger partial charge in [0, 0.05) is 34.3 Å². The fraction of sp³-hybridized carbons (Fsp3) is 0.375. The highest BCUT2D eigenvalue weighted by molar-refractivity contribution is 9.10. The maximum Gasteiger partial charge on any atom is 0.389 e. The molecule has 138 valence electrons. The number of nitrogens with zero attached hydrogens (tertiary/aromatic N) is 4. The van der Waals surface area contributed by atoms with E-state index in [2.05, 4.69) is 40.8 Å². The number of pyridine rings is 2. The van der Waals surface area contributed by atoms with Crippen molar-refractivity contribution in [3.05, 3.63) is 39.3 Å². The van der Waals surface area contributed by atoms with Gasteiger partial charge in [0.15, 0.2) is 5.52 Å². The van der Waals surface area contributed by atoms with E-state index in [1.54, 1.807) is 19.1 Å². The molecule has 0 unspecified atom stereocenters. The van der Waals surface area contributed by atoms with Crippen molar-refractivity contribution in [3.63, 3.8) is 0 Å². The average molecular weight is 430 g/mol. The first-order valence-corrected chi connectivity index (χ1v) is 8.62. The molecule has 3 aromatic heterocycles. The first kappa shape index (κ1) is 18.6. The predicted molar refractivity (Wildman–Crippen MR) is 92.5 cm³/mol. The summed E-state index contributed by atoms with van der Waals surface area (Å²) in [4.78, 5) is 8.78. The van der Waals surface area contributed by atoms with Crippen LogP contribution in [0, 0.1) is 6.92 Å². The summed E-state index contributed by atoms with van der Waals surface area (Å²) in [5.74, 6) is 0. The number of alkyl halides is 3. The molecule has 0 aliphatic carbocycles. The Morgan fingerprint density at radius 2 is 1.96 bits per heavy atom. The number of aryl methyl sites for hydroxylation is 2. The van der Waals surface area contributed by atoms with Gasteiger partial charge in [-0.15, -0.1) is 0 Å². The van der Waals surface area contributed by atoms with E-state index < -0.39 is 12.6 Å². The molecule has 10 heteroatoms. The maximum absolute atomic E-state index is 12.3. The predicted octanol–water partition coefficient (Wildman–Crippen LogP) is 4.14. The van der Waals surface area contributed by atoms with Gasteiger partial charge in [0.2, 0.25) is 5.65 Å². The Hall–Kier alpha value is -2.23. The normalized spacial score (nSPS) is 12.0. The molecule has 0 atom stereocenters. The van der Waals surface area contributed by atoms with E-state index in [9.17, 15) is 13.2 Å². The number of halogens is 4. The molecule has 6 nitrogen and oxygen atoms in total. The molecule has 0 spiro atoms. The molecule has 3 rings (SSSR count). The first-order chi connectivity index (χ1) is 12.2. The zero-order valence-corrected chi connectivity index (χ0v) is 15.4. The fourth-order valence-electron chi connectivity index (χ4n) is 2.65. The van der Waals surface area contributed by atoms with Crippen LogP contribution in [0.4, 0.5) is 18.9 Å². The van der Waals surface area contributed by atoms with Crippen LogP contribution in [0.2, 0.25) is 0 Å². The van der Waals surface area contributed by atoms with Crippen molar-refractivity contribution in [2.75, 3.05) is 5.73 Å². The minimum Gasteiger partial charge on any atom is -0.396 e. The highest BCUT2D eigenvalue weighted by atomic mass is 79.9. The molecule has 0 radical (unpaired) electrons. The molecular weight excluding hydrogens is 415 g/mol. The van der Waals surface area contributed by atoms with Crippen molar-refractivity contribution in [1.29, 1.82) is 0 Å². The Balaban J connectivity index is 1.83. The van der Waals surface area contributed by atoms with E-state index in [1.807, 2.05) is 0 Å². The molecule has 3 heterocycles. The number of rotatable bonds is 5. The van der Waals surface area contributed by atoms with Gasteiger partial charge in [-0.05, 0) is 58.1 Å². The first-order valence-electron chi connectivity index (χ1n) is 7.83. The molecule has 0 bridgehead atoms. The Labute approximate surface area is 155 Å². The third-order valence-electron chi connectivity index (χ3n) is 3.97. The molecule has 0 saturated heterocycles. The summed E-state index contributed by atoms with van der Waals surface area (Å²) in [5, 5.41) is 7.43. The molecule has 0 amide bonds. The van der Waals surface area contributed by atoms with Crippen molar-refractivity contribution < 1.29 is 17.8 Å². The van der Waals surface area contributed by atoms with Gasteiger partial charge in [0.05, 0.1) is 11.4 Å². The minimum atomic E-state index is -4.16. The molecule has 3 aromatic rings. The van der Waals surface area contributed by atoms with Crippen molar-refractivity contribution in [2.24, 2.45) is 0 Å². The van der Waals surface area contributed by atoms with E-state index in [0.29, 0.717) is 44.8 Å². The zero-order chi connectivity index (χ0) is 18.9. The third-order valence-corrected chi connectivity index (χ3v) is 4.69. The molecule has 26 heavy (non-hydrogen) atoms. The Morgan fingerprint density at radius 3 is 2.69 bits per heavy atom. The Bertz CT molecular complexity index is 942. The number of aromatic nitrogens is 4. The SMILES string of the molecule is Cc1nc2nonc2c(N)c1Cc1ccc(Br)c(CCCC(F)(F)F)n1. The summed E-state index contributed by atoms with van der Waals surface area (Å²) in [6, 6.07) is 3.57. The van der Waals surface area contributed by atoms with Crippen LogP contribution in [0.5, 0.6) is 0 Å². The van der Waals surface area contributed by atoms with Crippen LogP contribution in [0.3, 0.4) is 0 Å². The summed E-state index contributed by atoms with van der Waals surface area (Å²) in [5.41, 5.74) is 9.96. The Morgan fingerprint density at radius 1 is 1.19 bits per heavy atom. The molecule has 0 aliphatic heterocycles. The van der Waals surface area contributed by atoms with Crippen LogP contribution < -0.4 is 5.73 Å². The van der Waals surface area contributed by atoms with Crippen LogP contribution in [0.15, 0.2) is 21.2 Å². The van der Waals surface area contributed by atoms with Crippen molar-refractivity contribution in [2.45, 2.75) is 38.8 Å². The van der Waals surface area contributed by atoms with Gasteiger partial charge < -0.3 is 5.73 Å². The van der Waals surface area contributed by atoms with Crippen LogP contribution >= 0.6 is 15.9 Å². The summed E-state index contributed by atoms with van der Waals surface area (Å²) < 4.78 is 42.4. The lowest BCUT2D eigenvalue weighted by molar-refractivity contribution is -0.135. The fourth-order valence-corrected chi connectivity index (χ4v) is 3.07. The van der Waals surface area contributed by atoms with Crippen LogP contribution in [0.1, 0.15) is 35.5 Å². The number of hydrogen-bond acceptors (Lipinski definition) is 6. The van der Waals surface area contributed by atoms with E-state index >= 15 is 0 Å². The largest absolute Gasteiger partial charge is 0.396 e. The van der Waals surface area contributed by atoms with Gasteiger partial charge in [-0.25, -0.2) is 9.61 Å². The van der Waals surface area contributed by atoms with E-state index in [-0.39, 0.29) is 12.8 Å². The van der Waals surface area contributed by atoms with Crippen LogP contribution in [-0.4, -0.2) is 26.5 Å². The van der Waals surface area contributed by atoms with Crippen molar-refractivity contribution >= 4 is 32.8 Å². The number of nitrogens with two attached hydrogens (primary N) is 1. The summed E-state index contributed by atoms with van der Waals surface area (Å²) >= 11 is 3.34. The maximum atomic E-state index is 12.3. The number of hydrogen-bond donors (Lipinski definition) is 1. The topological polar surface area (TPSA) is 90.7 Å². The van der Waals surface area contributed by atoms with Gasteiger partial charge in [-0.3, -0.25) is 4.98 Å². The van der Waals surface area contributed by atoms with Crippen molar-refractivity contribution in [3.8, 4) is 0 Å². The van der Waals surface area contributed by atoms with Gasteiger partial charge >= 0.3 is 6.18 Å². The number of fused-ring (bicyclic) bond motifs is 1. The summed E-state index contributed by atoms with van der Waals surface area (Å²) in [6.07, 6.45) is -4.41. The third kappa shape index (κ3) is 4.12. The van der Waals surface area contributed by atoms with E-state index in [0.717, 1.165) is 5.56 Å². The molecule has 0 saturated carbocycles. The van der Waals surface area contributed by atoms with Gasteiger partial charge in [-0.2, -0.15) is 13.2 Å². The van der Waals surface area contributed by atoms with Crippen LogP contribution in [0.25, 0.3) is 11.2 Å². The highest BCUT2D eigenvalue weighted by Crippen LogP contribution is 2.27. The second-order valence-corrected chi connectivity index (χ2v) is 6.76. The number of anilines is 1. The molecule has 2 N–H and O–H groups in total. The van der Waals surface area contributed by atoms with E-state index in [1.165, 1.54) is 0 Å². The molecular formula is C16H15BrF3N5O. The van der Waals surface area contributed by atoms with Gasteiger partial charge in [0.25, 0.3) is 0 Å². The number of nitrogen functional groups attached to an aromatic ring is 1. The average Bonchev–Trinajstić information content (AvgIpc) is 3.01. The van der Waals surface area contributed by atoms with E-state index in [4.69, 9.17) is 5.73 Å². The van der Waals surface area contributed by atoms with Gasteiger partial charge in [0.1, 0.15) is 0 Å². The lowest BCUT2D eigenvalue weighted by Gasteiger charge is -2.11. The lowest BCUT2D eigenvalue weighted by Crippen LogP contribution is -2.08. The quantitative estimate of drug-likeness (QED) is 0.655. The molecule has 0 aliphatic rings. The standard InChI is InChI=1S/C16H15BrF3N5O/c1-8-10(13(21)14-15(22-8)25-26-24-14)7-9-4-5-11(17)12(23-9)3-2-6-16(18,19)20/h4-5H,2-3,6-7,21H2,1H3. The molecule has 0 fully saturated rings. The second kappa shape index (κ2) is 7.18. The Kier molecular flexibility index (Phi) is 5.12. The van der Waals surface area contributed by atoms with Crippen LogP contribution in [-0.2, 0) is 12.8 Å². The summed E-state index contributed by atoms with van der Waals surface area (Å²) in [6.45, 7) is 1.79. The highest BCUT2D eigenvalue weighted by Gasteiger charge is 2.26. The zero-order valence-electron chi connectivity index (χ0n) is 13.8. The smallest absolute Gasteiger partial charge is 0.389 e. The van der Waals surface area contributed by atoms with Gasteiger partial charge in [-0.1, -0.05) is 0 Å². The lowest BCUT2D eigenvalue weighted by atomic mass is 10.0. The molecule has 0 aromatic carbocycles. The second-order valence-electron chi connectivity index (χ2n) is 5.90. The minimum absolute atomic E-state index is 0.0160.